The van der Waals surface area contributed by atoms with Gasteiger partial charge in [0.05, 0.1) is 33.1 Å². The summed E-state index contributed by atoms with van der Waals surface area (Å²) in [5, 5.41) is 19.6. The summed E-state index contributed by atoms with van der Waals surface area (Å²) < 4.78 is 23.3. The second-order valence-electron chi connectivity index (χ2n) is 33.0. The van der Waals surface area contributed by atoms with Gasteiger partial charge in [0.25, 0.3) is 0 Å². The normalized spacial score (nSPS) is 12.0. The van der Waals surface area contributed by atoms with Gasteiger partial charge >= 0.3 is 0 Å². The van der Waals surface area contributed by atoms with Crippen LogP contribution in [-0.4, -0.2) is 102 Å². The van der Waals surface area contributed by atoms with Crippen molar-refractivity contribution in [2.75, 3.05) is 0 Å². The molecule has 0 unspecified atom stereocenters. The highest BCUT2D eigenvalue weighted by molar-refractivity contribution is 7.26. The van der Waals surface area contributed by atoms with E-state index >= 15 is 0 Å². The van der Waals surface area contributed by atoms with Crippen molar-refractivity contribution in [2.45, 2.75) is 0 Å². The number of thiophene rings is 2. The molecule has 24 heteroatoms. The topological polar surface area (TPSA) is 236 Å². The molecule has 0 spiro atoms. The van der Waals surface area contributed by atoms with Crippen LogP contribution in [0.4, 0.5) is 0 Å². The van der Waals surface area contributed by atoms with Gasteiger partial charge in [-0.2, -0.15) is 44.9 Å². The monoisotopic (exact) mass is 1770 g/mol. The summed E-state index contributed by atoms with van der Waals surface area (Å²) in [5.41, 5.74) is 14.9. The van der Waals surface area contributed by atoms with Crippen LogP contribution in [0.2, 0.25) is 0 Å². The highest BCUT2D eigenvalue weighted by atomic mass is 32.1. The number of aromatic nitrogens is 21. The lowest BCUT2D eigenvalue weighted by Gasteiger charge is -2.12. The largest absolute Gasteiger partial charge is 0.456 e. The fourth-order valence-electron chi connectivity index (χ4n) is 19.8. The number of pyridine rings is 6. The lowest BCUT2D eigenvalue weighted by atomic mass is 10.1. The first-order chi connectivity index (χ1) is 67.0. The minimum Gasteiger partial charge on any atom is -0.456 e. The Balaban J connectivity index is 0.000000101. The van der Waals surface area contributed by atoms with Crippen LogP contribution in [0.3, 0.4) is 0 Å². The molecule has 135 heavy (non-hydrogen) atoms. The van der Waals surface area contributed by atoms with E-state index in [9.17, 15) is 0 Å². The van der Waals surface area contributed by atoms with E-state index in [1.807, 2.05) is 98.6 Å². The zero-order valence-electron chi connectivity index (χ0n) is 71.0. The molecule has 12 aromatic carbocycles. The van der Waals surface area contributed by atoms with E-state index in [2.05, 4.69) is 275 Å². The SMILES string of the molecule is c1ccc2c(c1)oc1cccc(-c3nc(-n4c5ccccc5c5ccccc54)nc(-n4c5ncccc5c5cccnc54)n3)c12.c1ccc2c(c1)sc1c(-c3nc(-n4c5ccccc5c5ccccc54)nc(-n4c5ncccc5c5cccnc54)n3)cccc12.c1ccc2c(c1)sc1cc(-c3nc(-n4c5ccccc5c5ccccc54)nc(-n4c5ncccc5c5cccnc54)n3)ccc12. The van der Waals surface area contributed by atoms with Crippen LogP contribution in [-0.2, 0) is 0 Å². The van der Waals surface area contributed by atoms with Crippen molar-refractivity contribution in [1.82, 2.24) is 102 Å². The molecule has 30 aromatic rings. The van der Waals surface area contributed by atoms with Crippen LogP contribution < -0.4 is 0 Å². The Morgan fingerprint density at radius 2 is 0.481 bits per heavy atom. The van der Waals surface area contributed by atoms with Gasteiger partial charge in [0, 0.05) is 170 Å². The quantitative estimate of drug-likeness (QED) is 0.131. The molecule has 18 aromatic heterocycles. The molecule has 630 valence electrons. The summed E-state index contributed by atoms with van der Waals surface area (Å²) in [4.78, 5) is 75.3. The second-order valence-corrected chi connectivity index (χ2v) is 35.1. The van der Waals surface area contributed by atoms with Crippen LogP contribution in [0.1, 0.15) is 0 Å². The molecular weight excluding hydrogens is 1710 g/mol. The van der Waals surface area contributed by atoms with Gasteiger partial charge in [-0.3, -0.25) is 13.7 Å². The molecule has 0 aliphatic carbocycles. The Kier molecular flexibility index (Phi) is 16.9. The number of hydrogen-bond donors (Lipinski definition) is 0. The summed E-state index contributed by atoms with van der Waals surface area (Å²) in [5.74, 6) is 4.62. The predicted octanol–water partition coefficient (Wildman–Crippen LogP) is 26.2. The minimum atomic E-state index is 0.430. The van der Waals surface area contributed by atoms with E-state index in [0.29, 0.717) is 53.2 Å². The van der Waals surface area contributed by atoms with Gasteiger partial charge in [-0.15, -0.1) is 22.7 Å². The number of fused-ring (bicyclic) bond motifs is 27. The Bertz CT molecular complexity index is 9480. The van der Waals surface area contributed by atoms with E-state index in [1.165, 1.54) is 35.6 Å². The van der Waals surface area contributed by atoms with Crippen LogP contribution in [0.25, 0.3) is 264 Å². The van der Waals surface area contributed by atoms with E-state index in [1.54, 1.807) is 59.9 Å². The van der Waals surface area contributed by atoms with Gasteiger partial charge in [0.15, 0.2) is 17.5 Å². The van der Waals surface area contributed by atoms with Crippen molar-refractivity contribution in [3.8, 4) is 69.9 Å². The fourth-order valence-corrected chi connectivity index (χ4v) is 22.1. The molecular formula is C111H63N21OS2. The van der Waals surface area contributed by atoms with E-state index in [0.717, 1.165) is 175 Å². The molecule has 0 amide bonds. The molecule has 0 saturated carbocycles. The first-order valence-corrected chi connectivity index (χ1v) is 45.7. The zero-order valence-corrected chi connectivity index (χ0v) is 72.6. The maximum atomic E-state index is 6.25. The lowest BCUT2D eigenvalue weighted by molar-refractivity contribution is 0.669. The summed E-state index contributed by atoms with van der Waals surface area (Å²) in [6.07, 6.45) is 10.8. The van der Waals surface area contributed by atoms with Crippen molar-refractivity contribution in [3.05, 3.63) is 383 Å². The number of furan rings is 1. The molecule has 18 heterocycles. The zero-order chi connectivity index (χ0) is 88.5. The molecule has 0 fully saturated rings. The third-order valence-corrected chi connectivity index (χ3v) is 27.9. The summed E-state index contributed by atoms with van der Waals surface area (Å²) in [6, 6.07) is 118. The number of benzene rings is 12. The summed E-state index contributed by atoms with van der Waals surface area (Å²) in [7, 11) is 0. The van der Waals surface area contributed by atoms with Crippen molar-refractivity contribution in [1.29, 1.82) is 0 Å². The van der Waals surface area contributed by atoms with Crippen molar-refractivity contribution in [3.63, 3.8) is 0 Å². The molecule has 0 saturated heterocycles. The van der Waals surface area contributed by atoms with Crippen molar-refractivity contribution < 1.29 is 4.42 Å². The Hall–Kier alpha value is -18.4. The molecule has 0 radical (unpaired) electrons. The number of rotatable bonds is 9. The molecule has 22 nitrogen and oxygen atoms in total. The van der Waals surface area contributed by atoms with E-state index < -0.39 is 0 Å². The highest BCUT2D eigenvalue weighted by Crippen LogP contribution is 2.45. The molecule has 0 N–H and O–H groups in total. The van der Waals surface area contributed by atoms with Gasteiger partial charge in [-0.1, -0.05) is 200 Å². The average Bonchev–Trinajstić information content (AvgIpc) is 1.58. The number of hydrogen-bond acceptors (Lipinski definition) is 18. The Morgan fingerprint density at radius 1 is 0.193 bits per heavy atom. The van der Waals surface area contributed by atoms with Crippen molar-refractivity contribution in [2.24, 2.45) is 0 Å². The third kappa shape index (κ3) is 11.8. The Morgan fingerprint density at radius 3 is 0.889 bits per heavy atom. The fraction of sp³-hybridized carbons (Fsp3) is 0. The minimum absolute atomic E-state index is 0.430. The molecule has 0 bridgehead atoms. The van der Waals surface area contributed by atoms with Crippen molar-refractivity contribution >= 4 is 217 Å². The first-order valence-electron chi connectivity index (χ1n) is 44.1. The van der Waals surface area contributed by atoms with Gasteiger partial charge < -0.3 is 4.42 Å². The first kappa shape index (κ1) is 75.6. The summed E-state index contributed by atoms with van der Waals surface area (Å²) in [6.45, 7) is 0. The highest BCUT2D eigenvalue weighted by Gasteiger charge is 2.29. The van der Waals surface area contributed by atoms with Gasteiger partial charge in [0.2, 0.25) is 35.7 Å². The van der Waals surface area contributed by atoms with E-state index in [-0.39, 0.29) is 0 Å². The third-order valence-electron chi connectivity index (χ3n) is 25.6. The number of para-hydroxylation sites is 7. The lowest BCUT2D eigenvalue weighted by Crippen LogP contribution is -2.11. The van der Waals surface area contributed by atoms with Gasteiger partial charge in [0.1, 0.15) is 45.0 Å². The average molecular weight is 1770 g/mol. The maximum Gasteiger partial charge on any atom is 0.242 e. The molecule has 0 aliphatic rings. The van der Waals surface area contributed by atoms with E-state index in [4.69, 9.17) is 79.2 Å². The predicted molar refractivity (Wildman–Crippen MR) is 542 cm³/mol. The second kappa shape index (κ2) is 30.1. The van der Waals surface area contributed by atoms with Gasteiger partial charge in [-0.05, 0) is 146 Å². The van der Waals surface area contributed by atoms with Crippen LogP contribution in [0.15, 0.2) is 387 Å². The molecule has 0 atom stereocenters. The van der Waals surface area contributed by atoms with Crippen LogP contribution >= 0.6 is 22.7 Å². The molecule has 0 aliphatic heterocycles. The smallest absolute Gasteiger partial charge is 0.242 e. The Labute approximate surface area is 770 Å². The van der Waals surface area contributed by atoms with Gasteiger partial charge in [-0.25, -0.2) is 43.6 Å². The maximum absolute atomic E-state index is 6.25. The summed E-state index contributed by atoms with van der Waals surface area (Å²) >= 11 is 3.54. The molecule has 30 rings (SSSR count). The van der Waals surface area contributed by atoms with Crippen LogP contribution in [0, 0.1) is 0 Å². The standard InChI is InChI=1S/C37H21N7O.2C37H21N7S/c1-4-16-28-22(10-1)23-11-2-5-17-29(23)43(28)36-40-33(27-13-7-19-31-32(27)26-12-3-6-18-30(26)45-31)41-37(42-36)44-34-24(14-8-20-38-34)25-15-9-21-39-35(25)44;1-4-17-29-22(10-1)23-11-2-5-18-30(23)43(29)36-40-33(28-14-7-13-25-24-12-3-6-19-31(24)45-32(25)28)41-37(42-36)44-34-26(15-8-20-38-34)27-16-9-21-39-35(27)44;1-4-14-29-23(9-1)24-10-2-5-15-30(24)43(29)36-40-33(22-17-18-26-25-11-3-6-16-31(25)45-32(26)21-22)41-37(42-36)44-34-27(12-7-19-38-34)28-13-8-20-39-35(28)44/h3*1-21H. The number of nitrogens with zero attached hydrogens (tertiary/aromatic N) is 21. The van der Waals surface area contributed by atoms with Crippen LogP contribution in [0.5, 0.6) is 0 Å².